The van der Waals surface area contributed by atoms with E-state index in [9.17, 15) is 24.0 Å². The van der Waals surface area contributed by atoms with Crippen molar-refractivity contribution in [3.8, 4) is 0 Å². The minimum Gasteiger partial charge on any atom is -0.382 e. The van der Waals surface area contributed by atoms with Crippen molar-refractivity contribution in [1.82, 2.24) is 21.4 Å². The van der Waals surface area contributed by atoms with Crippen molar-refractivity contribution in [2.24, 2.45) is 5.41 Å². The summed E-state index contributed by atoms with van der Waals surface area (Å²) in [6.45, 7) is 2.80. The van der Waals surface area contributed by atoms with Gasteiger partial charge in [-0.25, -0.2) is 4.79 Å². The van der Waals surface area contributed by atoms with Gasteiger partial charge in [0.15, 0.2) is 0 Å². The second kappa shape index (κ2) is 29.7. The average Bonchev–Trinajstić information content (AvgIpc) is 4.04. The summed E-state index contributed by atoms with van der Waals surface area (Å²) in [5, 5.41) is 8.27. The molecule has 2 aromatic rings. The topological polar surface area (TPSA) is 198 Å². The Bertz CT molecular complexity index is 1510. The Hall–Kier alpha value is -4.45. The molecule has 4 amide bonds. The molecule has 0 aliphatic heterocycles. The SMILES string of the molecule is COCCOCCOCC(=O)NCCCC[C@H](NC(=O)COCCOCCOC)C(=O)NCC1(C(=O)ONC(=O)Cc2ccc(CCCCc3ccccc3)cc2)CC1. The molecule has 59 heavy (non-hydrogen) atoms. The lowest BCUT2D eigenvalue weighted by Crippen LogP contribution is -2.49. The van der Waals surface area contributed by atoms with Crippen LogP contribution in [0.25, 0.3) is 0 Å². The molecule has 16 heteroatoms. The molecule has 0 aromatic heterocycles. The van der Waals surface area contributed by atoms with Crippen molar-refractivity contribution in [2.45, 2.75) is 70.3 Å². The highest BCUT2D eigenvalue weighted by molar-refractivity contribution is 5.89. The number of hydrogen-bond donors (Lipinski definition) is 4. The van der Waals surface area contributed by atoms with Crippen LogP contribution in [0.3, 0.4) is 0 Å². The van der Waals surface area contributed by atoms with E-state index < -0.39 is 35.1 Å². The molecule has 0 unspecified atom stereocenters. The lowest BCUT2D eigenvalue weighted by atomic mass is 10.0. The van der Waals surface area contributed by atoms with Gasteiger partial charge in [-0.3, -0.25) is 19.2 Å². The van der Waals surface area contributed by atoms with E-state index in [4.69, 9.17) is 33.3 Å². The number of aryl methyl sites for hydroxylation is 2. The first-order chi connectivity index (χ1) is 28.7. The lowest BCUT2D eigenvalue weighted by Gasteiger charge is -2.21. The quantitative estimate of drug-likeness (QED) is 0.0607. The van der Waals surface area contributed by atoms with Gasteiger partial charge in [-0.1, -0.05) is 54.6 Å². The van der Waals surface area contributed by atoms with E-state index in [0.717, 1.165) is 31.2 Å². The Morgan fingerprint density at radius 1 is 0.610 bits per heavy atom. The van der Waals surface area contributed by atoms with Gasteiger partial charge < -0.3 is 49.2 Å². The number of unbranched alkanes of at least 4 members (excludes halogenated alkanes) is 2. The van der Waals surface area contributed by atoms with E-state index >= 15 is 0 Å². The third-order valence-corrected chi connectivity index (χ3v) is 9.52. The molecular formula is C43H64N4O12. The summed E-state index contributed by atoms with van der Waals surface area (Å²) in [5.74, 6) is -2.35. The van der Waals surface area contributed by atoms with Gasteiger partial charge in [0.1, 0.15) is 19.3 Å². The fourth-order valence-electron chi connectivity index (χ4n) is 5.85. The maximum absolute atomic E-state index is 13.4. The van der Waals surface area contributed by atoms with Crippen LogP contribution in [0.15, 0.2) is 54.6 Å². The number of rotatable bonds is 33. The molecule has 2 aromatic carbocycles. The predicted molar refractivity (Wildman–Crippen MR) is 218 cm³/mol. The van der Waals surface area contributed by atoms with Crippen LogP contribution in [0.5, 0.6) is 0 Å². The van der Waals surface area contributed by atoms with Crippen molar-refractivity contribution in [1.29, 1.82) is 0 Å². The fourth-order valence-corrected chi connectivity index (χ4v) is 5.85. The van der Waals surface area contributed by atoms with Gasteiger partial charge in [-0.05, 0) is 74.5 Å². The highest BCUT2D eigenvalue weighted by Gasteiger charge is 2.52. The van der Waals surface area contributed by atoms with Crippen molar-refractivity contribution < 1.29 is 57.2 Å². The molecule has 328 valence electrons. The molecular weight excluding hydrogens is 764 g/mol. The summed E-state index contributed by atoms with van der Waals surface area (Å²) in [7, 11) is 3.15. The number of carbonyl (C=O) groups excluding carboxylic acids is 5. The first kappa shape index (κ1) is 48.9. The van der Waals surface area contributed by atoms with Gasteiger partial charge in [0.2, 0.25) is 17.7 Å². The maximum atomic E-state index is 13.4. The second-order valence-corrected chi connectivity index (χ2v) is 14.4. The molecule has 0 saturated heterocycles. The van der Waals surface area contributed by atoms with E-state index in [2.05, 4.69) is 45.7 Å². The third kappa shape index (κ3) is 21.9. The largest absolute Gasteiger partial charge is 0.382 e. The maximum Gasteiger partial charge on any atom is 0.340 e. The average molecular weight is 829 g/mol. The van der Waals surface area contributed by atoms with Crippen LogP contribution in [0.4, 0.5) is 0 Å². The second-order valence-electron chi connectivity index (χ2n) is 14.4. The molecule has 0 spiro atoms. The van der Waals surface area contributed by atoms with Gasteiger partial charge in [-0.15, -0.1) is 0 Å². The zero-order valence-electron chi connectivity index (χ0n) is 34.7. The summed E-state index contributed by atoms with van der Waals surface area (Å²) in [6.07, 6.45) is 6.44. The number of amides is 4. The summed E-state index contributed by atoms with van der Waals surface area (Å²) < 4.78 is 31.1. The van der Waals surface area contributed by atoms with Crippen LogP contribution in [0.2, 0.25) is 0 Å². The van der Waals surface area contributed by atoms with Crippen LogP contribution >= 0.6 is 0 Å². The highest BCUT2D eigenvalue weighted by Crippen LogP contribution is 2.46. The Labute approximate surface area is 348 Å². The molecule has 4 N–H and O–H groups in total. The van der Waals surface area contributed by atoms with Gasteiger partial charge in [0, 0.05) is 27.3 Å². The molecule has 1 saturated carbocycles. The van der Waals surface area contributed by atoms with Crippen LogP contribution in [0, 0.1) is 5.41 Å². The summed E-state index contributed by atoms with van der Waals surface area (Å²) in [6, 6.07) is 17.3. The number of hydroxylamine groups is 1. The number of methoxy groups -OCH3 is 2. The molecule has 0 radical (unpaired) electrons. The number of hydrogen-bond acceptors (Lipinski definition) is 12. The van der Waals surface area contributed by atoms with Gasteiger partial charge in [0.05, 0.1) is 64.7 Å². The first-order valence-electron chi connectivity index (χ1n) is 20.5. The monoisotopic (exact) mass is 828 g/mol. The molecule has 1 aliphatic carbocycles. The number of ether oxygens (including phenoxy) is 6. The van der Waals surface area contributed by atoms with E-state index in [1.807, 2.05) is 30.3 Å². The zero-order chi connectivity index (χ0) is 42.4. The fraction of sp³-hybridized carbons (Fsp3) is 0.605. The first-order valence-corrected chi connectivity index (χ1v) is 20.5. The summed E-state index contributed by atoms with van der Waals surface area (Å²) in [5.41, 5.74) is 4.61. The van der Waals surface area contributed by atoms with Crippen molar-refractivity contribution >= 4 is 29.6 Å². The normalized spacial score (nSPS) is 13.3. The van der Waals surface area contributed by atoms with E-state index in [1.165, 1.54) is 11.1 Å². The Morgan fingerprint density at radius 3 is 1.78 bits per heavy atom. The Balaban J connectivity index is 1.38. The minimum absolute atomic E-state index is 0.0253. The van der Waals surface area contributed by atoms with E-state index in [1.54, 1.807) is 14.2 Å². The lowest BCUT2D eigenvalue weighted by molar-refractivity contribution is -0.163. The summed E-state index contributed by atoms with van der Waals surface area (Å²) in [4.78, 5) is 69.0. The Kier molecular flexibility index (Phi) is 24.6. The summed E-state index contributed by atoms with van der Waals surface area (Å²) >= 11 is 0. The van der Waals surface area contributed by atoms with Gasteiger partial charge >= 0.3 is 5.97 Å². The molecule has 0 heterocycles. The third-order valence-electron chi connectivity index (χ3n) is 9.52. The van der Waals surface area contributed by atoms with Crippen molar-refractivity contribution in [2.75, 3.05) is 93.4 Å². The zero-order valence-corrected chi connectivity index (χ0v) is 34.7. The molecule has 1 atom stereocenters. The number of carbonyl (C=O) groups is 5. The molecule has 3 rings (SSSR count). The van der Waals surface area contributed by atoms with Crippen LogP contribution < -0.4 is 21.4 Å². The van der Waals surface area contributed by atoms with Crippen LogP contribution in [-0.4, -0.2) is 129 Å². The van der Waals surface area contributed by atoms with E-state index in [0.29, 0.717) is 65.3 Å². The molecule has 1 fully saturated rings. The molecule has 0 bridgehead atoms. The van der Waals surface area contributed by atoms with Crippen LogP contribution in [-0.2, 0) is 76.5 Å². The predicted octanol–water partition coefficient (Wildman–Crippen LogP) is 2.40. The molecule has 1 aliphatic rings. The molecule has 16 nitrogen and oxygen atoms in total. The smallest absolute Gasteiger partial charge is 0.340 e. The minimum atomic E-state index is -0.978. The number of nitrogens with one attached hydrogen (secondary N) is 4. The van der Waals surface area contributed by atoms with E-state index in [-0.39, 0.29) is 58.3 Å². The standard InChI is InChI=1S/C43H64N4O12/c1-53-22-24-55-26-28-57-31-39(49)44-21-9-8-14-37(46-40(50)32-58-29-27-56-25-23-54-2)41(51)45-33-43(19-20-43)42(52)59-47-38(48)30-36-17-15-35(16-18-36)13-7-6-12-34-10-4-3-5-11-34/h3-5,10-11,15-18,37H,6-9,12-14,19-33H2,1-2H3,(H,44,49)(H,45,51)(H,46,50)(H,47,48)/t37-/m0/s1. The Morgan fingerprint density at radius 2 is 1.17 bits per heavy atom. The van der Waals surface area contributed by atoms with Gasteiger partial charge in [0.25, 0.3) is 5.91 Å². The van der Waals surface area contributed by atoms with Crippen molar-refractivity contribution in [3.05, 3.63) is 71.3 Å². The van der Waals surface area contributed by atoms with Crippen molar-refractivity contribution in [3.63, 3.8) is 0 Å². The number of benzene rings is 2. The highest BCUT2D eigenvalue weighted by atomic mass is 16.7. The van der Waals surface area contributed by atoms with Gasteiger partial charge in [-0.2, -0.15) is 5.48 Å². The van der Waals surface area contributed by atoms with Crippen LogP contribution in [0.1, 0.15) is 61.6 Å².